The Kier molecular flexibility index (Phi) is 12.1. The van der Waals surface area contributed by atoms with E-state index in [9.17, 15) is 14.7 Å². The summed E-state index contributed by atoms with van der Waals surface area (Å²) in [4.78, 5) is 24.9. The molecule has 1 rings (SSSR count). The Balaban J connectivity index is 2.32. The summed E-state index contributed by atoms with van der Waals surface area (Å²) >= 11 is 0. The molecular formula is C29H50O3. The predicted molar refractivity (Wildman–Crippen MR) is 136 cm³/mol. The first-order valence-corrected chi connectivity index (χ1v) is 13.0. The van der Waals surface area contributed by atoms with Crippen LogP contribution in [0.25, 0.3) is 0 Å². The van der Waals surface area contributed by atoms with E-state index in [-0.39, 0.29) is 11.6 Å². The first-order chi connectivity index (χ1) is 14.9. The van der Waals surface area contributed by atoms with Crippen molar-refractivity contribution in [2.24, 2.45) is 17.8 Å². The summed E-state index contributed by atoms with van der Waals surface area (Å²) in [6.45, 7) is 16.4. The monoisotopic (exact) mass is 446 g/mol. The van der Waals surface area contributed by atoms with Crippen molar-refractivity contribution in [2.75, 3.05) is 0 Å². The van der Waals surface area contributed by atoms with Crippen molar-refractivity contribution in [1.29, 1.82) is 0 Å². The van der Waals surface area contributed by atoms with Crippen LogP contribution in [0.15, 0.2) is 22.3 Å². The van der Waals surface area contributed by atoms with Gasteiger partial charge < -0.3 is 5.11 Å². The van der Waals surface area contributed by atoms with Gasteiger partial charge in [-0.1, -0.05) is 79.1 Å². The molecule has 32 heavy (non-hydrogen) atoms. The van der Waals surface area contributed by atoms with Crippen molar-refractivity contribution in [2.45, 2.75) is 132 Å². The molecule has 0 unspecified atom stereocenters. The number of hydrogen-bond donors (Lipinski definition) is 1. The Morgan fingerprint density at radius 3 is 1.69 bits per heavy atom. The smallest absolute Gasteiger partial charge is 0.185 e. The molecule has 0 saturated heterocycles. The van der Waals surface area contributed by atoms with Gasteiger partial charge in [-0.2, -0.15) is 0 Å². The van der Waals surface area contributed by atoms with Gasteiger partial charge in [0.1, 0.15) is 0 Å². The van der Waals surface area contributed by atoms with E-state index in [0.29, 0.717) is 41.1 Å². The second-order valence-corrected chi connectivity index (χ2v) is 11.4. The SMILES string of the molecule is CC1=C(C)C(=O)C(CC[C@@](C)(O)CCC[C@H](C)CCC[C@H](C)CCCC(C)C)=C(C)C1=O. The molecule has 0 heterocycles. The maximum absolute atomic E-state index is 12.6. The molecule has 184 valence electrons. The van der Waals surface area contributed by atoms with Crippen molar-refractivity contribution in [1.82, 2.24) is 0 Å². The molecule has 0 amide bonds. The van der Waals surface area contributed by atoms with Gasteiger partial charge in [-0.3, -0.25) is 9.59 Å². The van der Waals surface area contributed by atoms with Gasteiger partial charge in [0.15, 0.2) is 11.6 Å². The summed E-state index contributed by atoms with van der Waals surface area (Å²) < 4.78 is 0. The summed E-state index contributed by atoms with van der Waals surface area (Å²) in [5.41, 5.74) is 1.46. The topological polar surface area (TPSA) is 54.4 Å². The lowest BCUT2D eigenvalue weighted by Crippen LogP contribution is -2.27. The zero-order chi connectivity index (χ0) is 24.5. The Bertz CT molecular complexity index is 693. The number of allylic oxidation sites excluding steroid dienone is 4. The van der Waals surface area contributed by atoms with E-state index in [4.69, 9.17) is 0 Å². The van der Waals surface area contributed by atoms with Crippen LogP contribution in [-0.2, 0) is 9.59 Å². The molecule has 0 fully saturated rings. The van der Waals surface area contributed by atoms with E-state index < -0.39 is 5.60 Å². The fourth-order valence-electron chi connectivity index (χ4n) is 4.79. The fourth-order valence-corrected chi connectivity index (χ4v) is 4.79. The highest BCUT2D eigenvalue weighted by Crippen LogP contribution is 2.31. The third kappa shape index (κ3) is 9.73. The summed E-state index contributed by atoms with van der Waals surface area (Å²) in [7, 11) is 0. The Morgan fingerprint density at radius 1 is 0.688 bits per heavy atom. The number of aliphatic hydroxyl groups is 1. The van der Waals surface area contributed by atoms with Gasteiger partial charge in [0, 0.05) is 22.3 Å². The minimum atomic E-state index is -0.800. The molecule has 1 aliphatic rings. The van der Waals surface area contributed by atoms with E-state index in [2.05, 4.69) is 27.7 Å². The summed E-state index contributed by atoms with van der Waals surface area (Å²) in [6, 6.07) is 0. The lowest BCUT2D eigenvalue weighted by atomic mass is 9.81. The van der Waals surface area contributed by atoms with Crippen molar-refractivity contribution in [3.63, 3.8) is 0 Å². The number of carbonyl (C=O) groups is 2. The predicted octanol–water partition coefficient (Wildman–Crippen LogP) is 7.76. The maximum atomic E-state index is 12.6. The van der Waals surface area contributed by atoms with E-state index in [1.165, 1.54) is 38.5 Å². The third-order valence-electron chi connectivity index (χ3n) is 7.51. The van der Waals surface area contributed by atoms with E-state index in [1.54, 1.807) is 20.8 Å². The van der Waals surface area contributed by atoms with Crippen molar-refractivity contribution in [3.05, 3.63) is 22.3 Å². The van der Waals surface area contributed by atoms with Gasteiger partial charge in [0.2, 0.25) is 0 Å². The van der Waals surface area contributed by atoms with Crippen molar-refractivity contribution in [3.8, 4) is 0 Å². The van der Waals surface area contributed by atoms with E-state index >= 15 is 0 Å². The molecule has 0 aliphatic heterocycles. The molecule has 0 saturated carbocycles. The number of Topliss-reactive ketones (excluding diaryl/α,β-unsaturated/α-hetero) is 2. The molecule has 0 aromatic rings. The minimum Gasteiger partial charge on any atom is -0.390 e. The lowest BCUT2D eigenvalue weighted by Gasteiger charge is -2.26. The molecular weight excluding hydrogens is 396 g/mol. The molecule has 0 aromatic heterocycles. The maximum Gasteiger partial charge on any atom is 0.185 e. The highest BCUT2D eigenvalue weighted by Gasteiger charge is 2.29. The fraction of sp³-hybridized carbons (Fsp3) is 0.793. The van der Waals surface area contributed by atoms with Gasteiger partial charge in [0.25, 0.3) is 0 Å². The van der Waals surface area contributed by atoms with Gasteiger partial charge in [-0.25, -0.2) is 0 Å². The van der Waals surface area contributed by atoms with Gasteiger partial charge in [-0.05, 0) is 64.7 Å². The number of hydrogen-bond acceptors (Lipinski definition) is 3. The number of rotatable bonds is 15. The molecule has 3 atom stereocenters. The first-order valence-electron chi connectivity index (χ1n) is 13.0. The minimum absolute atomic E-state index is 0.0255. The van der Waals surface area contributed by atoms with Crippen LogP contribution in [0.5, 0.6) is 0 Å². The molecule has 3 heteroatoms. The highest BCUT2D eigenvalue weighted by atomic mass is 16.3. The van der Waals surface area contributed by atoms with Crippen LogP contribution in [0.4, 0.5) is 0 Å². The van der Waals surface area contributed by atoms with Crippen molar-refractivity contribution < 1.29 is 14.7 Å². The Morgan fingerprint density at radius 2 is 1.16 bits per heavy atom. The van der Waals surface area contributed by atoms with Crippen LogP contribution in [0.3, 0.4) is 0 Å². The third-order valence-corrected chi connectivity index (χ3v) is 7.51. The largest absolute Gasteiger partial charge is 0.390 e. The first kappa shape index (κ1) is 28.8. The quantitative estimate of drug-likeness (QED) is 0.261. The summed E-state index contributed by atoms with van der Waals surface area (Å²) in [5, 5.41) is 10.9. The normalized spacial score (nSPS) is 19.1. The molecule has 0 aromatic carbocycles. The Hall–Kier alpha value is -1.22. The van der Waals surface area contributed by atoms with Crippen LogP contribution in [0.2, 0.25) is 0 Å². The lowest BCUT2D eigenvalue weighted by molar-refractivity contribution is -0.116. The van der Waals surface area contributed by atoms with E-state index in [1.807, 2.05) is 6.92 Å². The zero-order valence-electron chi connectivity index (χ0n) is 22.3. The number of ketones is 2. The zero-order valence-corrected chi connectivity index (χ0v) is 22.3. The van der Waals surface area contributed by atoms with Gasteiger partial charge in [-0.15, -0.1) is 0 Å². The average molecular weight is 447 g/mol. The molecule has 1 N–H and O–H groups in total. The molecule has 3 nitrogen and oxygen atoms in total. The van der Waals surface area contributed by atoms with Crippen LogP contribution in [0, 0.1) is 17.8 Å². The standard InChI is InChI=1S/C29H50O3/c1-20(2)12-9-13-21(3)14-10-15-22(4)16-11-18-29(8,32)19-17-26-25(7)27(30)23(5)24(6)28(26)31/h20-22,32H,9-19H2,1-8H3/t21-,22-,29+/m1/s1. The molecule has 0 bridgehead atoms. The summed E-state index contributed by atoms with van der Waals surface area (Å²) in [6.07, 6.45) is 11.8. The second kappa shape index (κ2) is 13.5. The van der Waals surface area contributed by atoms with Crippen LogP contribution < -0.4 is 0 Å². The van der Waals surface area contributed by atoms with Gasteiger partial charge in [0.05, 0.1) is 5.60 Å². The van der Waals surface area contributed by atoms with Crippen LogP contribution >= 0.6 is 0 Å². The van der Waals surface area contributed by atoms with Crippen molar-refractivity contribution >= 4 is 11.6 Å². The van der Waals surface area contributed by atoms with E-state index in [0.717, 1.165) is 31.1 Å². The second-order valence-electron chi connectivity index (χ2n) is 11.4. The molecule has 0 radical (unpaired) electrons. The highest BCUT2D eigenvalue weighted by molar-refractivity contribution is 6.24. The Labute approximate surface area is 198 Å². The summed E-state index contributed by atoms with van der Waals surface area (Å²) in [5.74, 6) is 2.28. The van der Waals surface area contributed by atoms with Gasteiger partial charge >= 0.3 is 0 Å². The average Bonchev–Trinajstić information content (AvgIpc) is 2.70. The molecule has 1 aliphatic carbocycles. The van der Waals surface area contributed by atoms with Crippen LogP contribution in [-0.4, -0.2) is 22.3 Å². The number of carbonyl (C=O) groups excluding carboxylic acids is 2. The molecule has 0 spiro atoms. The van der Waals surface area contributed by atoms with Crippen LogP contribution in [0.1, 0.15) is 126 Å².